The van der Waals surface area contributed by atoms with Crippen LogP contribution in [0.5, 0.6) is 0 Å². The molecule has 0 saturated carbocycles. The van der Waals surface area contributed by atoms with Gasteiger partial charge < -0.3 is 16.0 Å². The summed E-state index contributed by atoms with van der Waals surface area (Å²) in [4.78, 5) is 51.8. The molecule has 3 rings (SSSR count). The monoisotopic (exact) mass is 446 g/mol. The number of anilines is 1. The van der Waals surface area contributed by atoms with Crippen LogP contribution in [0.4, 0.5) is 14.9 Å². The van der Waals surface area contributed by atoms with Gasteiger partial charge in [-0.1, -0.05) is 23.7 Å². The number of nitrogens with one attached hydrogen (secondary N) is 1. The number of imide groups is 1. The van der Waals surface area contributed by atoms with E-state index >= 15 is 0 Å². The van der Waals surface area contributed by atoms with Crippen LogP contribution in [0, 0.1) is 5.82 Å². The fourth-order valence-corrected chi connectivity index (χ4v) is 3.49. The highest BCUT2D eigenvalue weighted by Gasteiger charge is 2.49. The van der Waals surface area contributed by atoms with Gasteiger partial charge in [0.15, 0.2) is 0 Å². The number of primary amides is 1. The van der Waals surface area contributed by atoms with Crippen molar-refractivity contribution in [2.75, 3.05) is 18.0 Å². The Morgan fingerprint density at radius 1 is 1.19 bits per heavy atom. The van der Waals surface area contributed by atoms with Crippen LogP contribution in [-0.2, 0) is 19.9 Å². The van der Waals surface area contributed by atoms with Gasteiger partial charge in [0.1, 0.15) is 17.9 Å². The summed E-state index contributed by atoms with van der Waals surface area (Å²) < 4.78 is 13.3. The molecule has 2 aromatic rings. The number of nitrogens with two attached hydrogens (primary N) is 1. The number of hydrogen-bond acceptors (Lipinski definition) is 4. The molecule has 162 valence electrons. The van der Waals surface area contributed by atoms with Gasteiger partial charge in [0, 0.05) is 23.7 Å². The zero-order valence-corrected chi connectivity index (χ0v) is 17.4. The van der Waals surface area contributed by atoms with Crippen LogP contribution < -0.4 is 16.0 Å². The standard InChI is InChI=1S/C21H20ClFN4O4/c1-21(13-3-2-4-14(22)11-13)19(30)27(20(31)25-21)12-18(29)26(10-9-17(24)28)16-7-5-15(23)6-8-16/h2-8,11H,9-10,12H2,1H3,(H2,24,28)(H,25,31). The van der Waals surface area contributed by atoms with E-state index in [4.69, 9.17) is 17.3 Å². The smallest absolute Gasteiger partial charge is 0.325 e. The Bertz CT molecular complexity index is 1050. The summed E-state index contributed by atoms with van der Waals surface area (Å²) in [7, 11) is 0. The van der Waals surface area contributed by atoms with Gasteiger partial charge in [0.05, 0.1) is 0 Å². The number of urea groups is 1. The maximum absolute atomic E-state index is 13.3. The highest BCUT2D eigenvalue weighted by Crippen LogP contribution is 2.30. The van der Waals surface area contributed by atoms with Crippen molar-refractivity contribution >= 4 is 41.0 Å². The normalized spacial score (nSPS) is 18.1. The number of halogens is 2. The van der Waals surface area contributed by atoms with Gasteiger partial charge in [-0.15, -0.1) is 0 Å². The van der Waals surface area contributed by atoms with Gasteiger partial charge in [-0.25, -0.2) is 9.18 Å². The summed E-state index contributed by atoms with van der Waals surface area (Å²) in [6.45, 7) is 0.861. The van der Waals surface area contributed by atoms with Crippen molar-refractivity contribution in [2.24, 2.45) is 5.73 Å². The lowest BCUT2D eigenvalue weighted by atomic mass is 9.92. The molecule has 10 heteroatoms. The summed E-state index contributed by atoms with van der Waals surface area (Å²) >= 11 is 6.01. The third-order valence-electron chi connectivity index (χ3n) is 4.99. The molecule has 1 atom stereocenters. The van der Waals surface area contributed by atoms with E-state index in [1.165, 1.54) is 24.0 Å². The zero-order chi connectivity index (χ0) is 22.8. The van der Waals surface area contributed by atoms with Crippen LogP contribution in [0.1, 0.15) is 18.9 Å². The Labute approximate surface area is 182 Å². The topological polar surface area (TPSA) is 113 Å². The van der Waals surface area contributed by atoms with Gasteiger partial charge in [0.2, 0.25) is 11.8 Å². The predicted octanol–water partition coefficient (Wildman–Crippen LogP) is 2.15. The molecule has 5 amide bonds. The third-order valence-corrected chi connectivity index (χ3v) is 5.23. The molecule has 0 spiro atoms. The summed E-state index contributed by atoms with van der Waals surface area (Å²) in [6, 6.07) is 10.8. The first-order valence-corrected chi connectivity index (χ1v) is 9.74. The summed E-state index contributed by atoms with van der Waals surface area (Å²) in [5.41, 5.74) is 4.57. The molecule has 1 saturated heterocycles. The minimum atomic E-state index is -1.39. The maximum Gasteiger partial charge on any atom is 0.325 e. The quantitative estimate of drug-likeness (QED) is 0.634. The Kier molecular flexibility index (Phi) is 6.26. The Morgan fingerprint density at radius 2 is 1.87 bits per heavy atom. The molecule has 31 heavy (non-hydrogen) atoms. The molecule has 0 bridgehead atoms. The predicted molar refractivity (Wildman–Crippen MR) is 112 cm³/mol. The number of benzene rings is 2. The van der Waals surface area contributed by atoms with E-state index in [0.29, 0.717) is 16.3 Å². The van der Waals surface area contributed by atoms with Gasteiger partial charge >= 0.3 is 6.03 Å². The lowest BCUT2D eigenvalue weighted by Gasteiger charge is -2.25. The van der Waals surface area contributed by atoms with Gasteiger partial charge in [-0.2, -0.15) is 0 Å². The number of carbonyl (C=O) groups is 4. The van der Waals surface area contributed by atoms with Crippen molar-refractivity contribution < 1.29 is 23.6 Å². The number of hydrogen-bond donors (Lipinski definition) is 2. The van der Waals surface area contributed by atoms with Crippen LogP contribution in [0.3, 0.4) is 0 Å². The van der Waals surface area contributed by atoms with E-state index in [1.807, 2.05) is 0 Å². The van der Waals surface area contributed by atoms with Crippen molar-refractivity contribution in [1.82, 2.24) is 10.2 Å². The maximum atomic E-state index is 13.3. The first kappa shape index (κ1) is 22.2. The van der Waals surface area contributed by atoms with E-state index in [9.17, 15) is 23.6 Å². The van der Waals surface area contributed by atoms with Crippen LogP contribution in [0.25, 0.3) is 0 Å². The Balaban J connectivity index is 1.84. The third kappa shape index (κ3) is 4.66. The van der Waals surface area contributed by atoms with Crippen molar-refractivity contribution in [3.63, 3.8) is 0 Å². The van der Waals surface area contributed by atoms with Gasteiger partial charge in [-0.3, -0.25) is 19.3 Å². The van der Waals surface area contributed by atoms with Crippen LogP contribution in [0.15, 0.2) is 48.5 Å². The highest BCUT2D eigenvalue weighted by molar-refractivity contribution is 6.30. The van der Waals surface area contributed by atoms with E-state index in [0.717, 1.165) is 17.0 Å². The lowest BCUT2D eigenvalue weighted by Crippen LogP contribution is -2.45. The van der Waals surface area contributed by atoms with E-state index in [-0.39, 0.29) is 13.0 Å². The summed E-state index contributed by atoms with van der Waals surface area (Å²) in [5, 5.41) is 2.99. The number of amides is 5. The molecule has 1 heterocycles. The summed E-state index contributed by atoms with van der Waals surface area (Å²) in [5.74, 6) is -2.39. The number of carbonyl (C=O) groups excluding carboxylic acids is 4. The fourth-order valence-electron chi connectivity index (χ4n) is 3.30. The molecule has 1 aliphatic rings. The van der Waals surface area contributed by atoms with Crippen LogP contribution >= 0.6 is 11.6 Å². The van der Waals surface area contributed by atoms with Crippen LogP contribution in [0.2, 0.25) is 5.02 Å². The van der Waals surface area contributed by atoms with Gasteiger partial charge in [0.25, 0.3) is 5.91 Å². The second-order valence-corrected chi connectivity index (χ2v) is 7.63. The van der Waals surface area contributed by atoms with Crippen molar-refractivity contribution in [2.45, 2.75) is 18.9 Å². The Hall–Kier alpha value is -3.46. The van der Waals surface area contributed by atoms with Crippen LogP contribution in [-0.4, -0.2) is 41.7 Å². The molecule has 1 fully saturated rings. The zero-order valence-electron chi connectivity index (χ0n) is 16.6. The highest BCUT2D eigenvalue weighted by atomic mass is 35.5. The minimum absolute atomic E-state index is 0.0883. The van der Waals surface area contributed by atoms with E-state index < -0.39 is 41.7 Å². The van der Waals surface area contributed by atoms with E-state index in [2.05, 4.69) is 5.32 Å². The first-order valence-electron chi connectivity index (χ1n) is 9.36. The average Bonchev–Trinajstić information content (AvgIpc) is 2.93. The summed E-state index contributed by atoms with van der Waals surface area (Å²) in [6.07, 6.45) is -0.149. The fraction of sp³-hybridized carbons (Fsp3) is 0.238. The SMILES string of the molecule is CC1(c2cccc(Cl)c2)NC(=O)N(CC(=O)N(CCC(N)=O)c2ccc(F)cc2)C1=O. The van der Waals surface area contributed by atoms with Crippen molar-refractivity contribution in [1.29, 1.82) is 0 Å². The molecule has 0 radical (unpaired) electrons. The Morgan fingerprint density at radius 3 is 2.48 bits per heavy atom. The molecule has 3 N–H and O–H groups in total. The molecule has 1 aliphatic heterocycles. The van der Waals surface area contributed by atoms with Crippen molar-refractivity contribution in [3.05, 3.63) is 64.9 Å². The van der Waals surface area contributed by atoms with Crippen molar-refractivity contribution in [3.8, 4) is 0 Å². The molecule has 2 aromatic carbocycles. The minimum Gasteiger partial charge on any atom is -0.370 e. The average molecular weight is 447 g/mol. The van der Waals surface area contributed by atoms with Gasteiger partial charge in [-0.05, 0) is 48.9 Å². The second kappa shape index (κ2) is 8.73. The molecule has 1 unspecified atom stereocenters. The number of nitrogens with zero attached hydrogens (tertiary/aromatic N) is 2. The largest absolute Gasteiger partial charge is 0.370 e. The molecule has 0 aromatic heterocycles. The second-order valence-electron chi connectivity index (χ2n) is 7.19. The molecular formula is C21H20ClFN4O4. The lowest BCUT2D eigenvalue weighted by molar-refractivity contribution is -0.134. The molecule has 0 aliphatic carbocycles. The number of rotatable bonds is 7. The van der Waals surface area contributed by atoms with E-state index in [1.54, 1.807) is 24.3 Å². The molecular weight excluding hydrogens is 427 g/mol. The molecule has 8 nitrogen and oxygen atoms in total. The first-order chi connectivity index (χ1) is 14.6.